The van der Waals surface area contributed by atoms with Crippen LogP contribution in [0.4, 0.5) is 17.1 Å². The van der Waals surface area contributed by atoms with Crippen LogP contribution < -0.4 is 4.90 Å². The lowest BCUT2D eigenvalue weighted by Crippen LogP contribution is -2.16. The lowest BCUT2D eigenvalue weighted by Gasteiger charge is -2.28. The van der Waals surface area contributed by atoms with Gasteiger partial charge in [0.25, 0.3) is 0 Å². The van der Waals surface area contributed by atoms with Gasteiger partial charge in [0, 0.05) is 61.7 Å². The van der Waals surface area contributed by atoms with E-state index in [4.69, 9.17) is 4.42 Å². The van der Waals surface area contributed by atoms with E-state index in [1.165, 1.54) is 0 Å². The first-order valence-corrected chi connectivity index (χ1v) is 14.7. The second kappa shape index (κ2) is 10.3. The summed E-state index contributed by atoms with van der Waals surface area (Å²) < 4.78 is 6.45. The predicted molar refractivity (Wildman–Crippen MR) is 175 cm³/mol. The summed E-state index contributed by atoms with van der Waals surface area (Å²) in [6.07, 6.45) is 1.67. The van der Waals surface area contributed by atoms with Crippen LogP contribution in [-0.2, 0) is 5.41 Å². The van der Waals surface area contributed by atoms with E-state index in [0.717, 1.165) is 50.9 Å². The van der Waals surface area contributed by atoms with Crippen LogP contribution in [-0.4, -0.2) is 10.8 Å². The highest BCUT2D eigenvalue weighted by molar-refractivity contribution is 6.29. The van der Waals surface area contributed by atoms with Gasteiger partial charge in [0.15, 0.2) is 5.78 Å². The number of anilines is 3. The summed E-state index contributed by atoms with van der Waals surface area (Å²) in [4.78, 5) is 20.3. The Morgan fingerprint density at radius 1 is 0.778 bits per heavy atom. The molecule has 0 radical (unpaired) electrons. The van der Waals surface area contributed by atoms with Crippen molar-refractivity contribution in [3.05, 3.63) is 142 Å². The molecule has 0 atom stereocenters. The van der Waals surface area contributed by atoms with E-state index in [9.17, 15) is 15.3 Å². The second-order valence-electron chi connectivity index (χ2n) is 11.9. The van der Waals surface area contributed by atoms with Gasteiger partial charge in [-0.05, 0) is 79.6 Å². The Kier molecular flexibility index (Phi) is 6.39. The van der Waals surface area contributed by atoms with Gasteiger partial charge in [-0.15, -0.1) is 0 Å². The van der Waals surface area contributed by atoms with E-state index in [-0.39, 0.29) is 22.3 Å². The molecular formula is C39H28N4O2. The predicted octanol–water partition coefficient (Wildman–Crippen LogP) is 9.15. The molecule has 0 unspecified atom stereocenters. The van der Waals surface area contributed by atoms with Crippen molar-refractivity contribution in [2.45, 2.75) is 33.1 Å². The van der Waals surface area contributed by atoms with Gasteiger partial charge in [-0.2, -0.15) is 10.5 Å². The van der Waals surface area contributed by atoms with Crippen molar-refractivity contribution < 1.29 is 9.21 Å². The zero-order chi connectivity index (χ0) is 31.5. The molecule has 6 nitrogen and oxygen atoms in total. The fraction of sp³-hybridized carbons (Fsp3) is 0.128. The molecule has 0 saturated heterocycles. The molecule has 7 rings (SSSR count). The van der Waals surface area contributed by atoms with Crippen LogP contribution in [0.5, 0.6) is 0 Å². The monoisotopic (exact) mass is 584 g/mol. The maximum atomic E-state index is 13.5. The molecule has 2 aromatic heterocycles. The summed E-state index contributed by atoms with van der Waals surface area (Å²) in [6, 6.07) is 33.9. The van der Waals surface area contributed by atoms with Gasteiger partial charge >= 0.3 is 0 Å². The number of para-hydroxylation sites is 1. The van der Waals surface area contributed by atoms with Gasteiger partial charge in [0.2, 0.25) is 0 Å². The van der Waals surface area contributed by atoms with E-state index in [1.54, 1.807) is 30.3 Å². The smallest absolute Gasteiger partial charge is 0.194 e. The second-order valence-corrected chi connectivity index (χ2v) is 11.9. The number of pyridine rings is 1. The summed E-state index contributed by atoms with van der Waals surface area (Å²) in [5.74, 6) is 1.02. The molecule has 0 fully saturated rings. The molecular weight excluding hydrogens is 556 g/mol. The topological polar surface area (TPSA) is 93.9 Å². The molecule has 0 aliphatic heterocycles. The third-order valence-electron chi connectivity index (χ3n) is 8.66. The molecule has 0 N–H and O–H groups in total. The number of Topliss-reactive ketones (excluding diaryl/α,β-unsaturated/α-hetero) is 1. The Morgan fingerprint density at radius 2 is 1.44 bits per heavy atom. The number of furan rings is 1. The van der Waals surface area contributed by atoms with Crippen molar-refractivity contribution in [1.82, 2.24) is 4.98 Å². The van der Waals surface area contributed by atoms with Crippen LogP contribution in [0.15, 0.2) is 107 Å². The van der Waals surface area contributed by atoms with Crippen molar-refractivity contribution in [2.75, 3.05) is 4.90 Å². The number of carbonyl (C=O) groups excluding carboxylic acids is 1. The maximum absolute atomic E-state index is 13.5. The Bertz CT molecular complexity index is 2170. The van der Waals surface area contributed by atoms with E-state index in [0.29, 0.717) is 22.5 Å². The third kappa shape index (κ3) is 4.39. The Morgan fingerprint density at radius 3 is 2.13 bits per heavy atom. The molecule has 45 heavy (non-hydrogen) atoms. The van der Waals surface area contributed by atoms with Crippen molar-refractivity contribution >= 4 is 34.5 Å². The van der Waals surface area contributed by atoms with Gasteiger partial charge < -0.3 is 9.32 Å². The number of aryl methyl sites for hydroxylation is 2. The maximum Gasteiger partial charge on any atom is 0.194 e. The first-order chi connectivity index (χ1) is 21.7. The fourth-order valence-corrected chi connectivity index (χ4v) is 6.63. The molecule has 2 heterocycles. The SMILES string of the molecule is Cc1cc(N(c2ccccc2)c2ccc3c(c2)C(C)(C)c2cc(/C=C4\C(=O)c5ccccc5C4=C(C#N)C#N)oc2-3)cc(C)n1. The highest BCUT2D eigenvalue weighted by Crippen LogP contribution is 2.52. The number of fused-ring (bicyclic) bond motifs is 4. The number of rotatable bonds is 4. The fourth-order valence-electron chi connectivity index (χ4n) is 6.63. The quantitative estimate of drug-likeness (QED) is 0.154. The molecule has 5 aromatic rings. The average Bonchev–Trinajstić information content (AvgIpc) is 3.64. The highest BCUT2D eigenvalue weighted by Gasteiger charge is 2.40. The van der Waals surface area contributed by atoms with E-state index in [2.05, 4.69) is 66.2 Å². The largest absolute Gasteiger partial charge is 0.456 e. The van der Waals surface area contributed by atoms with Crippen molar-refractivity contribution in [3.63, 3.8) is 0 Å². The number of ketones is 1. The minimum absolute atomic E-state index is 0.0978. The summed E-state index contributed by atoms with van der Waals surface area (Å²) in [5, 5.41) is 19.4. The number of hydrogen-bond acceptors (Lipinski definition) is 6. The molecule has 0 spiro atoms. The van der Waals surface area contributed by atoms with E-state index >= 15 is 0 Å². The summed E-state index contributed by atoms with van der Waals surface area (Å²) in [5.41, 5.74) is 9.36. The number of benzene rings is 3. The lowest BCUT2D eigenvalue weighted by molar-refractivity contribution is 0.104. The molecule has 6 heteroatoms. The number of aromatic nitrogens is 1. The molecule has 0 bridgehead atoms. The van der Waals surface area contributed by atoms with Crippen LogP contribution in [0.1, 0.15) is 58.0 Å². The number of hydrogen-bond donors (Lipinski definition) is 0. The minimum atomic E-state index is -0.390. The van der Waals surface area contributed by atoms with Crippen LogP contribution >= 0.6 is 0 Å². The Balaban J connectivity index is 1.34. The Hall–Kier alpha value is -5.98. The lowest BCUT2D eigenvalue weighted by atomic mass is 9.82. The van der Waals surface area contributed by atoms with Gasteiger partial charge in [-0.25, -0.2) is 0 Å². The number of nitriles is 2. The first kappa shape index (κ1) is 27.8. The minimum Gasteiger partial charge on any atom is -0.456 e. The van der Waals surface area contributed by atoms with Crippen LogP contribution in [0.2, 0.25) is 0 Å². The standard InChI is InChI=1S/C39H28N4O2/c1-23-16-28(17-24(2)42-23)43(26-10-6-5-7-11-26)27-14-15-32-34(18-27)39(3,4)35-20-29(45-38(32)35)19-33-36(25(21-40)22-41)30-12-8-9-13-31(30)37(33)44/h5-20H,1-4H3/b33-19-. The molecule has 0 saturated carbocycles. The molecule has 3 aromatic carbocycles. The van der Waals surface area contributed by atoms with Crippen molar-refractivity contribution in [1.29, 1.82) is 10.5 Å². The summed E-state index contributed by atoms with van der Waals surface area (Å²) in [6.45, 7) is 8.36. The van der Waals surface area contributed by atoms with Crippen molar-refractivity contribution in [3.8, 4) is 23.5 Å². The van der Waals surface area contributed by atoms with Crippen LogP contribution in [0, 0.1) is 36.5 Å². The zero-order valence-corrected chi connectivity index (χ0v) is 25.3. The molecule has 0 amide bonds. The number of nitrogens with zero attached hydrogens (tertiary/aromatic N) is 4. The van der Waals surface area contributed by atoms with Crippen LogP contribution in [0.25, 0.3) is 23.0 Å². The molecule has 2 aliphatic carbocycles. The third-order valence-corrected chi connectivity index (χ3v) is 8.66. The Labute approximate surface area is 261 Å². The van der Waals surface area contributed by atoms with Gasteiger partial charge in [-0.1, -0.05) is 56.3 Å². The normalized spacial score (nSPS) is 14.8. The average molecular weight is 585 g/mol. The van der Waals surface area contributed by atoms with Gasteiger partial charge in [0.05, 0.1) is 0 Å². The highest BCUT2D eigenvalue weighted by atomic mass is 16.3. The summed E-state index contributed by atoms with van der Waals surface area (Å²) >= 11 is 0. The first-order valence-electron chi connectivity index (χ1n) is 14.7. The summed E-state index contributed by atoms with van der Waals surface area (Å²) in [7, 11) is 0. The molecule has 216 valence electrons. The zero-order valence-electron chi connectivity index (χ0n) is 25.3. The van der Waals surface area contributed by atoms with E-state index in [1.807, 2.05) is 50.3 Å². The van der Waals surface area contributed by atoms with E-state index < -0.39 is 0 Å². The van der Waals surface area contributed by atoms with Crippen molar-refractivity contribution in [2.24, 2.45) is 0 Å². The van der Waals surface area contributed by atoms with Gasteiger partial charge in [0.1, 0.15) is 29.2 Å². The van der Waals surface area contributed by atoms with Crippen LogP contribution in [0.3, 0.4) is 0 Å². The molecule has 2 aliphatic rings. The number of allylic oxidation sites excluding steroid dienone is 3. The number of carbonyl (C=O) groups is 1. The van der Waals surface area contributed by atoms with Gasteiger partial charge in [-0.3, -0.25) is 9.78 Å².